The van der Waals surface area contributed by atoms with E-state index in [2.05, 4.69) is 47.4 Å². The Bertz CT molecular complexity index is 519. The number of nitrogens with zero attached hydrogens (tertiary/aromatic N) is 1. The van der Waals surface area contributed by atoms with Gasteiger partial charge in [-0.1, -0.05) is 19.1 Å². The van der Waals surface area contributed by atoms with Crippen LogP contribution in [-0.2, 0) is 19.5 Å². The number of methoxy groups -OCH3 is 1. The number of aromatic nitrogens is 1. The number of ether oxygens (including phenoxy) is 1. The number of benzene rings is 1. The van der Waals surface area contributed by atoms with Crippen LogP contribution in [0.3, 0.4) is 0 Å². The maximum absolute atomic E-state index is 5.23. The summed E-state index contributed by atoms with van der Waals surface area (Å²) >= 11 is 0. The highest BCUT2D eigenvalue weighted by atomic mass is 16.5. The van der Waals surface area contributed by atoms with E-state index in [1.165, 1.54) is 17.5 Å². The Hall–Kier alpha value is -1.74. The molecule has 0 bridgehead atoms. The molecule has 0 fully saturated rings. The van der Waals surface area contributed by atoms with E-state index in [-0.39, 0.29) is 0 Å². The van der Waals surface area contributed by atoms with Crippen LogP contribution in [0.15, 0.2) is 42.7 Å². The molecular formula is C17H24N2O. The molecule has 0 aliphatic heterocycles. The average molecular weight is 272 g/mol. The Kier molecular flexibility index (Phi) is 5.69. The minimum Gasteiger partial charge on any atom is -0.497 e. The molecule has 0 spiro atoms. The van der Waals surface area contributed by atoms with Crippen LogP contribution in [0.25, 0.3) is 0 Å². The number of aryl methyl sites for hydroxylation is 1. The monoisotopic (exact) mass is 272 g/mol. The van der Waals surface area contributed by atoms with Crippen LogP contribution in [0.4, 0.5) is 0 Å². The van der Waals surface area contributed by atoms with Crippen molar-refractivity contribution in [2.75, 3.05) is 13.7 Å². The SMILES string of the molecule is CCCn1ccc(CNCCc2cccc(OC)c2)c1. The Morgan fingerprint density at radius 2 is 2.10 bits per heavy atom. The molecule has 2 rings (SSSR count). The lowest BCUT2D eigenvalue weighted by molar-refractivity contribution is 0.414. The average Bonchev–Trinajstić information content (AvgIpc) is 2.92. The van der Waals surface area contributed by atoms with Crippen molar-refractivity contribution in [2.45, 2.75) is 32.9 Å². The highest BCUT2D eigenvalue weighted by molar-refractivity contribution is 5.28. The first-order valence-electron chi connectivity index (χ1n) is 7.30. The highest BCUT2D eigenvalue weighted by Gasteiger charge is 1.98. The van der Waals surface area contributed by atoms with Gasteiger partial charge in [-0.3, -0.25) is 0 Å². The van der Waals surface area contributed by atoms with Gasteiger partial charge in [0.1, 0.15) is 5.75 Å². The number of nitrogens with one attached hydrogen (secondary N) is 1. The molecule has 0 saturated carbocycles. The summed E-state index contributed by atoms with van der Waals surface area (Å²) in [6.07, 6.45) is 6.58. The molecule has 0 atom stereocenters. The molecule has 0 unspecified atom stereocenters. The lowest BCUT2D eigenvalue weighted by atomic mass is 10.1. The Morgan fingerprint density at radius 1 is 1.20 bits per heavy atom. The van der Waals surface area contributed by atoms with Crippen molar-refractivity contribution in [1.29, 1.82) is 0 Å². The molecular weight excluding hydrogens is 248 g/mol. The van der Waals surface area contributed by atoms with Gasteiger partial charge < -0.3 is 14.6 Å². The van der Waals surface area contributed by atoms with E-state index in [1.807, 2.05) is 12.1 Å². The normalized spacial score (nSPS) is 10.7. The van der Waals surface area contributed by atoms with Gasteiger partial charge in [0.25, 0.3) is 0 Å². The summed E-state index contributed by atoms with van der Waals surface area (Å²) in [6, 6.07) is 10.4. The second-order valence-electron chi connectivity index (χ2n) is 5.04. The van der Waals surface area contributed by atoms with Crippen molar-refractivity contribution in [3.63, 3.8) is 0 Å². The molecule has 20 heavy (non-hydrogen) atoms. The second-order valence-corrected chi connectivity index (χ2v) is 5.04. The maximum atomic E-state index is 5.23. The topological polar surface area (TPSA) is 26.2 Å². The quantitative estimate of drug-likeness (QED) is 0.747. The van der Waals surface area contributed by atoms with E-state index in [0.717, 1.165) is 31.8 Å². The first-order chi connectivity index (χ1) is 9.81. The number of rotatable bonds is 8. The third-order valence-electron chi connectivity index (χ3n) is 3.35. The molecule has 2 aromatic rings. The Labute approximate surface area is 121 Å². The molecule has 3 nitrogen and oxygen atoms in total. The van der Waals surface area contributed by atoms with Gasteiger partial charge in [-0.05, 0) is 48.7 Å². The highest BCUT2D eigenvalue weighted by Crippen LogP contribution is 2.12. The zero-order chi connectivity index (χ0) is 14.2. The molecule has 0 amide bonds. The molecule has 1 aromatic carbocycles. The molecule has 108 valence electrons. The summed E-state index contributed by atoms with van der Waals surface area (Å²) in [6.45, 7) is 5.21. The predicted octanol–water partition coefficient (Wildman–Crippen LogP) is 3.24. The lowest BCUT2D eigenvalue weighted by Gasteiger charge is -2.06. The van der Waals surface area contributed by atoms with E-state index in [9.17, 15) is 0 Å². The standard InChI is InChI=1S/C17H24N2O/c1-3-10-19-11-8-16(14-19)13-18-9-7-15-5-4-6-17(12-15)20-2/h4-6,8,11-12,14,18H,3,7,9-10,13H2,1-2H3. The van der Waals surface area contributed by atoms with Crippen LogP contribution in [-0.4, -0.2) is 18.2 Å². The van der Waals surface area contributed by atoms with Crippen LogP contribution in [0.1, 0.15) is 24.5 Å². The minimum atomic E-state index is 0.930. The molecule has 1 N–H and O–H groups in total. The van der Waals surface area contributed by atoms with Crippen molar-refractivity contribution in [3.05, 3.63) is 53.9 Å². The van der Waals surface area contributed by atoms with Crippen LogP contribution >= 0.6 is 0 Å². The fourth-order valence-electron chi connectivity index (χ4n) is 2.29. The number of hydrogen-bond donors (Lipinski definition) is 1. The van der Waals surface area contributed by atoms with Gasteiger partial charge >= 0.3 is 0 Å². The van der Waals surface area contributed by atoms with Crippen molar-refractivity contribution in [1.82, 2.24) is 9.88 Å². The summed E-state index contributed by atoms with van der Waals surface area (Å²) in [5.74, 6) is 0.930. The van der Waals surface area contributed by atoms with Gasteiger partial charge in [0.15, 0.2) is 0 Å². The predicted molar refractivity (Wildman–Crippen MR) is 83.1 cm³/mol. The van der Waals surface area contributed by atoms with Gasteiger partial charge in [-0.25, -0.2) is 0 Å². The summed E-state index contributed by atoms with van der Waals surface area (Å²) in [5, 5.41) is 3.49. The van der Waals surface area contributed by atoms with E-state index in [4.69, 9.17) is 4.74 Å². The second kappa shape index (κ2) is 7.75. The smallest absolute Gasteiger partial charge is 0.119 e. The van der Waals surface area contributed by atoms with Crippen LogP contribution in [0, 0.1) is 0 Å². The molecule has 3 heteroatoms. The molecule has 1 heterocycles. The van der Waals surface area contributed by atoms with Crippen molar-refractivity contribution >= 4 is 0 Å². The largest absolute Gasteiger partial charge is 0.497 e. The third kappa shape index (κ3) is 4.42. The third-order valence-corrected chi connectivity index (χ3v) is 3.35. The fraction of sp³-hybridized carbons (Fsp3) is 0.412. The van der Waals surface area contributed by atoms with E-state index in [1.54, 1.807) is 7.11 Å². The van der Waals surface area contributed by atoms with Gasteiger partial charge in [-0.15, -0.1) is 0 Å². The van der Waals surface area contributed by atoms with Crippen LogP contribution in [0.2, 0.25) is 0 Å². The fourth-order valence-corrected chi connectivity index (χ4v) is 2.29. The minimum absolute atomic E-state index is 0.930. The van der Waals surface area contributed by atoms with E-state index in [0.29, 0.717) is 0 Å². The maximum Gasteiger partial charge on any atom is 0.119 e. The van der Waals surface area contributed by atoms with Crippen LogP contribution in [0.5, 0.6) is 5.75 Å². The summed E-state index contributed by atoms with van der Waals surface area (Å²) in [7, 11) is 1.71. The zero-order valence-corrected chi connectivity index (χ0v) is 12.4. The lowest BCUT2D eigenvalue weighted by Crippen LogP contribution is -2.16. The first-order valence-corrected chi connectivity index (χ1v) is 7.30. The van der Waals surface area contributed by atoms with Gasteiger partial charge in [0, 0.05) is 25.5 Å². The summed E-state index contributed by atoms with van der Waals surface area (Å²) in [5.41, 5.74) is 2.66. The Morgan fingerprint density at radius 3 is 2.90 bits per heavy atom. The van der Waals surface area contributed by atoms with Crippen molar-refractivity contribution in [2.24, 2.45) is 0 Å². The van der Waals surface area contributed by atoms with E-state index >= 15 is 0 Å². The van der Waals surface area contributed by atoms with Gasteiger partial charge in [0.2, 0.25) is 0 Å². The van der Waals surface area contributed by atoms with E-state index < -0.39 is 0 Å². The van der Waals surface area contributed by atoms with Gasteiger partial charge in [0.05, 0.1) is 7.11 Å². The van der Waals surface area contributed by atoms with Gasteiger partial charge in [-0.2, -0.15) is 0 Å². The summed E-state index contributed by atoms with van der Waals surface area (Å²) < 4.78 is 7.48. The first kappa shape index (κ1) is 14.7. The summed E-state index contributed by atoms with van der Waals surface area (Å²) in [4.78, 5) is 0. The zero-order valence-electron chi connectivity index (χ0n) is 12.4. The number of hydrogen-bond acceptors (Lipinski definition) is 2. The molecule has 0 radical (unpaired) electrons. The molecule has 1 aromatic heterocycles. The molecule has 0 saturated heterocycles. The Balaban J connectivity index is 1.72. The van der Waals surface area contributed by atoms with Crippen molar-refractivity contribution < 1.29 is 4.74 Å². The van der Waals surface area contributed by atoms with Crippen LogP contribution < -0.4 is 10.1 Å². The molecule has 0 aliphatic carbocycles. The van der Waals surface area contributed by atoms with Crippen molar-refractivity contribution in [3.8, 4) is 5.75 Å². The molecule has 0 aliphatic rings.